The van der Waals surface area contributed by atoms with Crippen LogP contribution in [0.3, 0.4) is 0 Å². The number of rotatable bonds is 2. The number of aromatic nitrogens is 2. The highest BCUT2D eigenvalue weighted by Crippen LogP contribution is 2.41. The smallest absolute Gasteiger partial charge is 0.150 e. The van der Waals surface area contributed by atoms with Crippen molar-refractivity contribution in [2.24, 2.45) is 0 Å². The number of nitrogens with two attached hydrogens (primary N) is 2. The van der Waals surface area contributed by atoms with Crippen LogP contribution in [0.4, 0.5) is 14.6 Å². The number of hydrogen-bond acceptors (Lipinski definition) is 3. The predicted molar refractivity (Wildman–Crippen MR) is 64.1 cm³/mol. The molecular weight excluding hydrogens is 238 g/mol. The molecule has 0 aliphatic heterocycles. The van der Waals surface area contributed by atoms with Gasteiger partial charge in [0.15, 0.2) is 5.82 Å². The van der Waals surface area contributed by atoms with Gasteiger partial charge < -0.3 is 11.6 Å². The van der Waals surface area contributed by atoms with Crippen molar-refractivity contribution < 1.29 is 8.78 Å². The zero-order valence-corrected chi connectivity index (χ0v) is 9.53. The highest BCUT2D eigenvalue weighted by molar-refractivity contribution is 5.71. The van der Waals surface area contributed by atoms with E-state index in [-0.39, 0.29) is 5.82 Å². The van der Waals surface area contributed by atoms with E-state index in [1.54, 1.807) is 0 Å². The molecule has 4 N–H and O–H groups in total. The van der Waals surface area contributed by atoms with Crippen LogP contribution < -0.4 is 11.6 Å². The van der Waals surface area contributed by atoms with Crippen LogP contribution in [0.15, 0.2) is 18.2 Å². The molecule has 0 spiro atoms. The molecule has 0 atom stereocenters. The standard InChI is InChI=1S/C12H12F2N4/c13-8-3-7(4-9(14)5-8)10-11(15)18(16)12(17-10)6-1-2-6/h3-6H,1-2,15-16H2. The fourth-order valence-corrected chi connectivity index (χ4v) is 2.00. The van der Waals surface area contributed by atoms with Crippen molar-refractivity contribution >= 4 is 5.82 Å². The van der Waals surface area contributed by atoms with Crippen molar-refractivity contribution in [3.05, 3.63) is 35.7 Å². The molecule has 1 heterocycles. The van der Waals surface area contributed by atoms with Crippen LogP contribution in [0.1, 0.15) is 24.6 Å². The summed E-state index contributed by atoms with van der Waals surface area (Å²) in [5, 5.41) is 0. The van der Waals surface area contributed by atoms with Gasteiger partial charge in [-0.15, -0.1) is 0 Å². The molecule has 18 heavy (non-hydrogen) atoms. The summed E-state index contributed by atoms with van der Waals surface area (Å²) in [6.07, 6.45) is 2.04. The minimum Gasteiger partial charge on any atom is -0.382 e. The zero-order valence-electron chi connectivity index (χ0n) is 9.53. The van der Waals surface area contributed by atoms with E-state index < -0.39 is 11.6 Å². The molecule has 1 aliphatic carbocycles. The molecule has 1 aromatic carbocycles. The molecule has 3 rings (SSSR count). The van der Waals surface area contributed by atoms with E-state index in [0.29, 0.717) is 23.0 Å². The van der Waals surface area contributed by atoms with Crippen molar-refractivity contribution in [3.8, 4) is 11.3 Å². The molecule has 0 amide bonds. The second-order valence-electron chi connectivity index (χ2n) is 4.51. The molecule has 0 unspecified atom stereocenters. The molecule has 0 saturated heterocycles. The van der Waals surface area contributed by atoms with Crippen LogP contribution in [-0.4, -0.2) is 9.66 Å². The van der Waals surface area contributed by atoms with Gasteiger partial charge in [-0.3, -0.25) is 0 Å². The third-order valence-electron chi connectivity index (χ3n) is 3.05. The molecule has 0 radical (unpaired) electrons. The van der Waals surface area contributed by atoms with Crippen molar-refractivity contribution in [2.45, 2.75) is 18.8 Å². The van der Waals surface area contributed by atoms with Gasteiger partial charge in [0.05, 0.1) is 0 Å². The van der Waals surface area contributed by atoms with Crippen molar-refractivity contribution in [1.82, 2.24) is 9.66 Å². The average Bonchev–Trinajstić information content (AvgIpc) is 3.07. The van der Waals surface area contributed by atoms with Crippen LogP contribution in [-0.2, 0) is 0 Å². The van der Waals surface area contributed by atoms with E-state index >= 15 is 0 Å². The summed E-state index contributed by atoms with van der Waals surface area (Å²) >= 11 is 0. The Kier molecular flexibility index (Phi) is 2.26. The number of nitrogen functional groups attached to an aromatic ring is 2. The Morgan fingerprint density at radius 3 is 2.33 bits per heavy atom. The Morgan fingerprint density at radius 1 is 1.17 bits per heavy atom. The van der Waals surface area contributed by atoms with Gasteiger partial charge in [0.2, 0.25) is 0 Å². The summed E-state index contributed by atoms with van der Waals surface area (Å²) in [4.78, 5) is 4.30. The molecule has 1 fully saturated rings. The highest BCUT2D eigenvalue weighted by atomic mass is 19.1. The fraction of sp³-hybridized carbons (Fsp3) is 0.250. The Hall–Kier alpha value is -2.11. The van der Waals surface area contributed by atoms with E-state index in [9.17, 15) is 8.78 Å². The molecular formula is C12H12F2N4. The van der Waals surface area contributed by atoms with Gasteiger partial charge in [0, 0.05) is 17.5 Å². The summed E-state index contributed by atoms with van der Waals surface area (Å²) < 4.78 is 27.7. The van der Waals surface area contributed by atoms with Gasteiger partial charge in [-0.2, -0.15) is 0 Å². The van der Waals surface area contributed by atoms with Gasteiger partial charge in [-0.1, -0.05) is 0 Å². The van der Waals surface area contributed by atoms with E-state index in [0.717, 1.165) is 18.9 Å². The van der Waals surface area contributed by atoms with E-state index in [1.165, 1.54) is 16.8 Å². The average molecular weight is 250 g/mol. The van der Waals surface area contributed by atoms with Crippen LogP contribution in [0, 0.1) is 11.6 Å². The van der Waals surface area contributed by atoms with Crippen molar-refractivity contribution in [1.29, 1.82) is 0 Å². The summed E-state index contributed by atoms with van der Waals surface area (Å²) in [5.74, 6) is 5.68. The lowest BCUT2D eigenvalue weighted by atomic mass is 10.1. The zero-order chi connectivity index (χ0) is 12.9. The Labute approximate surface area is 102 Å². The Balaban J connectivity index is 2.13. The van der Waals surface area contributed by atoms with E-state index in [4.69, 9.17) is 11.6 Å². The first-order valence-electron chi connectivity index (χ1n) is 5.66. The highest BCUT2D eigenvalue weighted by Gasteiger charge is 2.30. The molecule has 0 bridgehead atoms. The number of benzene rings is 1. The topological polar surface area (TPSA) is 69.9 Å². The summed E-state index contributed by atoms with van der Waals surface area (Å²) in [6, 6.07) is 3.19. The molecule has 6 heteroatoms. The van der Waals surface area contributed by atoms with Crippen LogP contribution in [0.25, 0.3) is 11.3 Å². The number of hydrogen-bond donors (Lipinski definition) is 2. The van der Waals surface area contributed by atoms with Gasteiger partial charge in [0.1, 0.15) is 23.2 Å². The SMILES string of the molecule is Nc1c(-c2cc(F)cc(F)c2)nc(C2CC2)n1N. The minimum absolute atomic E-state index is 0.224. The Bertz CT molecular complexity index is 597. The van der Waals surface area contributed by atoms with Crippen LogP contribution in [0.5, 0.6) is 0 Å². The Morgan fingerprint density at radius 2 is 1.78 bits per heavy atom. The first-order valence-corrected chi connectivity index (χ1v) is 5.66. The van der Waals surface area contributed by atoms with Gasteiger partial charge >= 0.3 is 0 Å². The first-order chi connectivity index (χ1) is 8.56. The lowest BCUT2D eigenvalue weighted by Gasteiger charge is -2.01. The van der Waals surface area contributed by atoms with E-state index in [1.807, 2.05) is 0 Å². The maximum absolute atomic E-state index is 13.2. The second kappa shape index (κ2) is 3.69. The third-order valence-corrected chi connectivity index (χ3v) is 3.05. The third kappa shape index (κ3) is 1.70. The lowest BCUT2D eigenvalue weighted by Crippen LogP contribution is -2.14. The molecule has 2 aromatic rings. The maximum Gasteiger partial charge on any atom is 0.150 e. The number of nitrogens with zero attached hydrogens (tertiary/aromatic N) is 2. The largest absolute Gasteiger partial charge is 0.382 e. The number of anilines is 1. The minimum atomic E-state index is -0.663. The molecule has 4 nitrogen and oxygen atoms in total. The van der Waals surface area contributed by atoms with Gasteiger partial charge in [0.25, 0.3) is 0 Å². The quantitative estimate of drug-likeness (QED) is 0.801. The summed E-state index contributed by atoms with van der Waals surface area (Å²) in [6.45, 7) is 0. The fourth-order valence-electron chi connectivity index (χ4n) is 2.00. The first kappa shape index (κ1) is 11.0. The van der Waals surface area contributed by atoms with Crippen molar-refractivity contribution in [3.63, 3.8) is 0 Å². The molecule has 1 aliphatic rings. The predicted octanol–water partition coefficient (Wildman–Crippen LogP) is 2.00. The van der Waals surface area contributed by atoms with Crippen molar-refractivity contribution in [2.75, 3.05) is 11.6 Å². The van der Waals surface area contributed by atoms with Gasteiger partial charge in [-0.25, -0.2) is 18.4 Å². The van der Waals surface area contributed by atoms with Crippen LogP contribution >= 0.6 is 0 Å². The summed E-state index contributed by atoms with van der Waals surface area (Å²) in [7, 11) is 0. The molecule has 1 aromatic heterocycles. The molecule has 1 saturated carbocycles. The molecule has 94 valence electrons. The number of halogens is 2. The maximum atomic E-state index is 13.2. The second-order valence-corrected chi connectivity index (χ2v) is 4.51. The number of imidazole rings is 1. The normalized spacial score (nSPS) is 15.0. The monoisotopic (exact) mass is 250 g/mol. The van der Waals surface area contributed by atoms with Crippen LogP contribution in [0.2, 0.25) is 0 Å². The lowest BCUT2D eigenvalue weighted by molar-refractivity contribution is 0.584. The van der Waals surface area contributed by atoms with E-state index in [2.05, 4.69) is 4.98 Å². The van der Waals surface area contributed by atoms with Gasteiger partial charge in [-0.05, 0) is 25.0 Å². The summed E-state index contributed by atoms with van der Waals surface area (Å²) in [5.41, 5.74) is 6.46.